The van der Waals surface area contributed by atoms with Crippen LogP contribution in [-0.4, -0.2) is 31.7 Å². The third-order valence-electron chi connectivity index (χ3n) is 3.99. The zero-order chi connectivity index (χ0) is 22.8. The van der Waals surface area contributed by atoms with Crippen LogP contribution in [0.4, 0.5) is 5.69 Å². The van der Waals surface area contributed by atoms with E-state index in [1.165, 1.54) is 13.3 Å². The predicted molar refractivity (Wildman–Crippen MR) is 130 cm³/mol. The quantitative estimate of drug-likeness (QED) is 0.211. The summed E-state index contributed by atoms with van der Waals surface area (Å²) in [4.78, 5) is 24.0. The zero-order valence-electron chi connectivity index (χ0n) is 17.0. The molecule has 0 spiro atoms. The Morgan fingerprint density at radius 2 is 2.00 bits per heavy atom. The number of carbonyl (C=O) groups is 2. The van der Waals surface area contributed by atoms with Gasteiger partial charge in [0.15, 0.2) is 11.5 Å². The molecule has 7 nitrogen and oxygen atoms in total. The van der Waals surface area contributed by atoms with Crippen molar-refractivity contribution >= 4 is 57.9 Å². The maximum Gasteiger partial charge on any atom is 0.240 e. The van der Waals surface area contributed by atoms with E-state index in [9.17, 15) is 9.59 Å². The molecule has 0 aliphatic carbocycles. The molecule has 2 amide bonds. The maximum atomic E-state index is 12.0. The highest BCUT2D eigenvalue weighted by molar-refractivity contribution is 14.1. The summed E-state index contributed by atoms with van der Waals surface area (Å²) in [5.74, 6) is 2.78. The van der Waals surface area contributed by atoms with Crippen molar-refractivity contribution in [2.75, 3.05) is 19.0 Å². The molecule has 162 valence electrons. The summed E-state index contributed by atoms with van der Waals surface area (Å²) in [5.41, 5.74) is 4.60. The molecule has 9 heteroatoms. The number of methoxy groups -OCH3 is 1. The van der Waals surface area contributed by atoms with E-state index in [4.69, 9.17) is 27.5 Å². The largest absolute Gasteiger partial charge is 0.493 e. The van der Waals surface area contributed by atoms with E-state index in [-0.39, 0.29) is 31.3 Å². The van der Waals surface area contributed by atoms with Gasteiger partial charge in [0.2, 0.25) is 11.8 Å². The molecule has 2 aromatic rings. The summed E-state index contributed by atoms with van der Waals surface area (Å²) in [6.45, 7) is 2.00. The Morgan fingerprint density at radius 3 is 2.68 bits per heavy atom. The summed E-state index contributed by atoms with van der Waals surface area (Å²) in [7, 11) is 1.52. The Labute approximate surface area is 199 Å². The molecule has 0 aliphatic rings. The minimum atomic E-state index is -0.385. The number of ether oxygens (including phenoxy) is 2. The van der Waals surface area contributed by atoms with Crippen molar-refractivity contribution in [2.24, 2.45) is 5.10 Å². The van der Waals surface area contributed by atoms with E-state index >= 15 is 0 Å². The first-order chi connectivity index (χ1) is 14.8. The molecule has 0 bridgehead atoms. The fourth-order valence-corrected chi connectivity index (χ4v) is 3.39. The Balaban J connectivity index is 1.86. The van der Waals surface area contributed by atoms with Crippen LogP contribution >= 0.6 is 34.2 Å². The highest BCUT2D eigenvalue weighted by Gasteiger charge is 2.11. The number of anilines is 1. The van der Waals surface area contributed by atoms with Crippen LogP contribution in [0.25, 0.3) is 0 Å². The average molecular weight is 554 g/mol. The number of aryl methyl sites for hydroxylation is 1. The summed E-state index contributed by atoms with van der Waals surface area (Å²) in [6, 6.07) is 8.75. The van der Waals surface area contributed by atoms with E-state index in [0.717, 1.165) is 9.13 Å². The van der Waals surface area contributed by atoms with Gasteiger partial charge in [0.05, 0.1) is 16.9 Å². The molecule has 0 radical (unpaired) electrons. The van der Waals surface area contributed by atoms with E-state index in [1.54, 1.807) is 18.2 Å². The van der Waals surface area contributed by atoms with Crippen molar-refractivity contribution in [1.82, 2.24) is 5.43 Å². The van der Waals surface area contributed by atoms with Crippen molar-refractivity contribution in [2.45, 2.75) is 19.8 Å². The van der Waals surface area contributed by atoms with Gasteiger partial charge in [0, 0.05) is 23.6 Å². The molecule has 0 aliphatic heterocycles. The molecular weight excluding hydrogens is 533 g/mol. The second-order valence-corrected chi connectivity index (χ2v) is 7.90. The first kappa shape index (κ1) is 24.5. The van der Waals surface area contributed by atoms with Crippen LogP contribution in [0.1, 0.15) is 24.0 Å². The first-order valence-electron chi connectivity index (χ1n) is 9.15. The predicted octanol–water partition coefficient (Wildman–Crippen LogP) is 4.14. The van der Waals surface area contributed by atoms with Crippen molar-refractivity contribution in [3.05, 3.63) is 50.1 Å². The number of terminal acetylenes is 1. The molecule has 31 heavy (non-hydrogen) atoms. The molecule has 0 heterocycles. The standard InChI is InChI=1S/C22H21ClIN3O4/c1-4-9-31-22-18(24)10-15(11-19(22)30-3)13-25-27-21(29)8-7-20(28)26-16-6-5-14(2)17(23)12-16/h1,5-6,10-13H,7-9H2,2-3H3,(H,26,28)(H,27,29). The third-order valence-corrected chi connectivity index (χ3v) is 5.20. The second-order valence-electron chi connectivity index (χ2n) is 6.33. The van der Waals surface area contributed by atoms with Gasteiger partial charge in [-0.2, -0.15) is 5.10 Å². The lowest BCUT2D eigenvalue weighted by molar-refractivity contribution is -0.124. The molecule has 0 fully saturated rings. The third kappa shape index (κ3) is 7.77. The number of carbonyl (C=O) groups excluding carboxylic acids is 2. The number of rotatable bonds is 9. The van der Waals surface area contributed by atoms with Gasteiger partial charge >= 0.3 is 0 Å². The van der Waals surface area contributed by atoms with Gasteiger partial charge in [0.25, 0.3) is 0 Å². The van der Waals surface area contributed by atoms with Crippen LogP contribution in [0.5, 0.6) is 11.5 Å². The van der Waals surface area contributed by atoms with E-state index in [0.29, 0.717) is 27.8 Å². The highest BCUT2D eigenvalue weighted by Crippen LogP contribution is 2.33. The fourth-order valence-electron chi connectivity index (χ4n) is 2.42. The van der Waals surface area contributed by atoms with Crippen molar-refractivity contribution in [1.29, 1.82) is 0 Å². The molecule has 0 saturated carbocycles. The van der Waals surface area contributed by atoms with Crippen molar-refractivity contribution < 1.29 is 19.1 Å². The molecule has 0 atom stereocenters. The Bertz CT molecular complexity index is 1030. The van der Waals surface area contributed by atoms with Crippen molar-refractivity contribution in [3.63, 3.8) is 0 Å². The number of benzene rings is 2. The number of nitrogens with one attached hydrogen (secondary N) is 2. The molecule has 2 rings (SSSR count). The van der Waals surface area contributed by atoms with Gasteiger partial charge in [-0.3, -0.25) is 9.59 Å². The van der Waals surface area contributed by atoms with E-state index in [2.05, 4.69) is 44.4 Å². The van der Waals surface area contributed by atoms with Gasteiger partial charge in [-0.15, -0.1) is 6.42 Å². The highest BCUT2D eigenvalue weighted by atomic mass is 127. The summed E-state index contributed by atoms with van der Waals surface area (Å²) in [5, 5.41) is 7.19. The molecule has 2 aromatic carbocycles. The first-order valence-corrected chi connectivity index (χ1v) is 10.6. The van der Waals surface area contributed by atoms with E-state index in [1.807, 2.05) is 19.1 Å². The lowest BCUT2D eigenvalue weighted by atomic mass is 10.2. The SMILES string of the molecule is C#CCOc1c(I)cc(C=NNC(=O)CCC(=O)Nc2ccc(C)c(Cl)c2)cc1OC. The van der Waals surface area contributed by atoms with Gasteiger partial charge in [-0.05, 0) is 64.9 Å². The second kappa shape index (κ2) is 12.2. The average Bonchev–Trinajstić information content (AvgIpc) is 2.74. The topological polar surface area (TPSA) is 89.0 Å². The Kier molecular flexibility index (Phi) is 9.62. The number of hydrogen-bond donors (Lipinski definition) is 2. The van der Waals surface area contributed by atoms with Gasteiger partial charge in [-0.25, -0.2) is 5.43 Å². The molecule has 0 unspecified atom stereocenters. The van der Waals surface area contributed by atoms with Gasteiger partial charge < -0.3 is 14.8 Å². The van der Waals surface area contributed by atoms with Crippen LogP contribution in [0.2, 0.25) is 5.02 Å². The molecular formula is C22H21ClIN3O4. The van der Waals surface area contributed by atoms with Crippen LogP contribution < -0.4 is 20.2 Å². The zero-order valence-corrected chi connectivity index (χ0v) is 19.9. The molecule has 0 aromatic heterocycles. The van der Waals surface area contributed by atoms with E-state index < -0.39 is 0 Å². The van der Waals surface area contributed by atoms with Crippen LogP contribution in [-0.2, 0) is 9.59 Å². The lowest BCUT2D eigenvalue weighted by Gasteiger charge is -2.11. The number of nitrogens with zero attached hydrogens (tertiary/aromatic N) is 1. The number of hydrogen-bond acceptors (Lipinski definition) is 5. The monoisotopic (exact) mass is 553 g/mol. The van der Waals surface area contributed by atoms with Crippen LogP contribution in [0, 0.1) is 22.8 Å². The minimum Gasteiger partial charge on any atom is -0.493 e. The van der Waals surface area contributed by atoms with Crippen LogP contribution in [0.3, 0.4) is 0 Å². The van der Waals surface area contributed by atoms with Crippen molar-refractivity contribution in [3.8, 4) is 23.8 Å². The number of hydrazone groups is 1. The Morgan fingerprint density at radius 1 is 1.26 bits per heavy atom. The summed E-state index contributed by atoms with van der Waals surface area (Å²) >= 11 is 8.14. The van der Waals surface area contributed by atoms with Gasteiger partial charge in [0.1, 0.15) is 6.61 Å². The van der Waals surface area contributed by atoms with Crippen LogP contribution in [0.15, 0.2) is 35.4 Å². The molecule has 0 saturated heterocycles. The normalized spacial score (nSPS) is 10.4. The maximum absolute atomic E-state index is 12.0. The lowest BCUT2D eigenvalue weighted by Crippen LogP contribution is -2.20. The number of amides is 2. The fraction of sp³-hybridized carbons (Fsp3) is 0.227. The molecule has 2 N–H and O–H groups in total. The summed E-state index contributed by atoms with van der Waals surface area (Å²) in [6.07, 6.45) is 6.70. The Hall–Kier alpha value is -2.77. The van der Waals surface area contributed by atoms with Gasteiger partial charge in [-0.1, -0.05) is 23.6 Å². The smallest absolute Gasteiger partial charge is 0.240 e. The summed E-state index contributed by atoms with van der Waals surface area (Å²) < 4.78 is 11.6. The minimum absolute atomic E-state index is 0.0114. The number of halogens is 2.